The summed E-state index contributed by atoms with van der Waals surface area (Å²) in [5, 5.41) is 7.48. The Hall–Kier alpha value is -0.960. The van der Waals surface area contributed by atoms with E-state index in [9.17, 15) is 13.2 Å². The van der Waals surface area contributed by atoms with Gasteiger partial charge in [0.1, 0.15) is 4.21 Å². The summed E-state index contributed by atoms with van der Waals surface area (Å²) in [6.45, 7) is 2.18. The fourth-order valence-electron chi connectivity index (χ4n) is 1.46. The number of thiophene rings is 1. The van der Waals surface area contributed by atoms with Crippen LogP contribution in [0.25, 0.3) is 0 Å². The Balaban J connectivity index is 1.75. The number of carbonyl (C=O) groups is 1. The number of nitrogens with one attached hydrogen (secondary N) is 3. The summed E-state index contributed by atoms with van der Waals surface area (Å²) < 4.78 is 25.9. The first-order valence-electron chi connectivity index (χ1n) is 5.58. The van der Waals surface area contributed by atoms with E-state index < -0.39 is 10.0 Å². The summed E-state index contributed by atoms with van der Waals surface area (Å²) >= 11 is 1.12. The molecule has 1 amide bonds. The number of carbonyl (C=O) groups excluding carboxylic acids is 1. The van der Waals surface area contributed by atoms with Gasteiger partial charge in [-0.2, -0.15) is 0 Å². The second-order valence-electron chi connectivity index (χ2n) is 4.08. The van der Waals surface area contributed by atoms with Gasteiger partial charge in [-0.3, -0.25) is 4.79 Å². The molecule has 0 aliphatic carbocycles. The van der Waals surface area contributed by atoms with E-state index in [0.717, 1.165) is 24.4 Å². The summed E-state index contributed by atoms with van der Waals surface area (Å²) in [6, 6.07) is 3.16. The first kappa shape index (κ1) is 13.5. The summed E-state index contributed by atoms with van der Waals surface area (Å²) in [6.07, 6.45) is 0. The van der Waals surface area contributed by atoms with Gasteiger partial charge in [0.2, 0.25) is 5.91 Å². The lowest BCUT2D eigenvalue weighted by molar-refractivity contribution is -0.120. The van der Waals surface area contributed by atoms with Crippen molar-refractivity contribution in [3.8, 4) is 0 Å². The molecule has 0 radical (unpaired) electrons. The normalized spacial score (nSPS) is 16.2. The first-order valence-corrected chi connectivity index (χ1v) is 7.95. The lowest BCUT2D eigenvalue weighted by Gasteiger charge is -2.27. The minimum Gasteiger partial charge on any atom is -0.355 e. The van der Waals surface area contributed by atoms with Crippen LogP contribution in [0.1, 0.15) is 0 Å². The molecule has 1 aliphatic heterocycles. The lowest BCUT2D eigenvalue weighted by Crippen LogP contribution is -2.49. The minimum absolute atomic E-state index is 0.221. The number of rotatable bonds is 6. The molecule has 0 aromatic carbocycles. The van der Waals surface area contributed by atoms with Crippen molar-refractivity contribution in [3.63, 3.8) is 0 Å². The maximum atomic E-state index is 11.7. The van der Waals surface area contributed by atoms with Gasteiger partial charge in [0.05, 0.1) is 6.54 Å². The van der Waals surface area contributed by atoms with Crippen molar-refractivity contribution in [1.29, 1.82) is 0 Å². The van der Waals surface area contributed by atoms with Crippen LogP contribution in [0.4, 0.5) is 0 Å². The van der Waals surface area contributed by atoms with E-state index in [1.54, 1.807) is 11.4 Å². The van der Waals surface area contributed by atoms with E-state index in [4.69, 9.17) is 0 Å². The van der Waals surface area contributed by atoms with Crippen LogP contribution in [-0.2, 0) is 14.8 Å². The number of sulfonamides is 1. The maximum Gasteiger partial charge on any atom is 0.250 e. The molecule has 0 saturated carbocycles. The summed E-state index contributed by atoms with van der Waals surface area (Å²) in [5.41, 5.74) is 0. The highest BCUT2D eigenvalue weighted by Gasteiger charge is 2.19. The van der Waals surface area contributed by atoms with E-state index in [1.165, 1.54) is 6.07 Å². The average Bonchev–Trinajstić information content (AvgIpc) is 2.78. The molecule has 2 rings (SSSR count). The van der Waals surface area contributed by atoms with Crippen molar-refractivity contribution >= 4 is 27.3 Å². The van der Waals surface area contributed by atoms with E-state index in [2.05, 4.69) is 15.4 Å². The molecule has 1 aliphatic rings. The Kier molecular flexibility index (Phi) is 4.33. The molecule has 6 nitrogen and oxygen atoms in total. The summed E-state index contributed by atoms with van der Waals surface area (Å²) in [7, 11) is -3.55. The number of hydrogen-bond acceptors (Lipinski definition) is 5. The van der Waals surface area contributed by atoms with E-state index in [0.29, 0.717) is 12.5 Å². The Bertz CT molecular complexity index is 494. The van der Waals surface area contributed by atoms with Crippen LogP contribution >= 0.6 is 11.3 Å². The second-order valence-corrected chi connectivity index (χ2v) is 7.03. The molecule has 0 bridgehead atoms. The highest BCUT2D eigenvalue weighted by atomic mass is 32.2. The third-order valence-corrected chi connectivity index (χ3v) is 5.44. The highest BCUT2D eigenvalue weighted by molar-refractivity contribution is 7.91. The van der Waals surface area contributed by atoms with E-state index in [1.807, 2.05) is 0 Å². The van der Waals surface area contributed by atoms with Crippen LogP contribution in [0.3, 0.4) is 0 Å². The molecule has 1 fully saturated rings. The zero-order chi connectivity index (χ0) is 13.0. The molecular formula is C10H15N3O3S2. The smallest absolute Gasteiger partial charge is 0.250 e. The predicted molar refractivity (Wildman–Crippen MR) is 68.9 cm³/mol. The Morgan fingerprint density at radius 2 is 2.28 bits per heavy atom. The summed E-state index contributed by atoms with van der Waals surface area (Å²) in [4.78, 5) is 11.4. The Labute approximate surface area is 110 Å². The lowest BCUT2D eigenvalue weighted by atomic mass is 10.0. The number of hydrogen-bond donors (Lipinski definition) is 3. The van der Waals surface area contributed by atoms with Crippen LogP contribution in [0.2, 0.25) is 0 Å². The largest absolute Gasteiger partial charge is 0.355 e. The van der Waals surface area contributed by atoms with Crippen molar-refractivity contribution in [2.75, 3.05) is 26.2 Å². The van der Waals surface area contributed by atoms with Crippen LogP contribution < -0.4 is 15.4 Å². The fraction of sp³-hybridized carbons (Fsp3) is 0.500. The molecule has 100 valence electrons. The zero-order valence-corrected chi connectivity index (χ0v) is 11.3. The van der Waals surface area contributed by atoms with Gasteiger partial charge in [0.15, 0.2) is 0 Å². The standard InChI is InChI=1S/C10H15N3O3S2/c14-9(12-6-8-4-11-5-8)7-13-18(15,16)10-2-1-3-17-10/h1-3,8,11,13H,4-7H2,(H,12,14). The Morgan fingerprint density at radius 3 is 2.83 bits per heavy atom. The monoisotopic (exact) mass is 289 g/mol. The topological polar surface area (TPSA) is 87.3 Å². The maximum absolute atomic E-state index is 11.7. The van der Waals surface area contributed by atoms with Crippen LogP contribution in [0.15, 0.2) is 21.7 Å². The molecule has 1 aromatic rings. The van der Waals surface area contributed by atoms with Crippen molar-refractivity contribution in [1.82, 2.24) is 15.4 Å². The second kappa shape index (κ2) is 5.79. The summed E-state index contributed by atoms with van der Waals surface area (Å²) in [5.74, 6) is 0.157. The van der Waals surface area contributed by atoms with Crippen molar-refractivity contribution < 1.29 is 13.2 Å². The van der Waals surface area contributed by atoms with E-state index >= 15 is 0 Å². The number of amides is 1. The van der Waals surface area contributed by atoms with Gasteiger partial charge in [-0.1, -0.05) is 6.07 Å². The van der Waals surface area contributed by atoms with Gasteiger partial charge in [-0.15, -0.1) is 11.3 Å². The predicted octanol–water partition coefficient (Wildman–Crippen LogP) is -0.638. The third kappa shape index (κ3) is 3.52. The molecule has 2 heterocycles. The first-order chi connectivity index (χ1) is 8.58. The molecule has 8 heteroatoms. The van der Waals surface area contributed by atoms with Crippen LogP contribution in [-0.4, -0.2) is 40.5 Å². The van der Waals surface area contributed by atoms with E-state index in [-0.39, 0.29) is 16.7 Å². The van der Waals surface area contributed by atoms with Gasteiger partial charge >= 0.3 is 0 Å². The van der Waals surface area contributed by atoms with Gasteiger partial charge in [0.25, 0.3) is 10.0 Å². The quantitative estimate of drug-likeness (QED) is 0.650. The minimum atomic E-state index is -3.55. The molecule has 0 spiro atoms. The molecule has 1 saturated heterocycles. The van der Waals surface area contributed by atoms with Gasteiger partial charge in [0, 0.05) is 25.6 Å². The fourth-order valence-corrected chi connectivity index (χ4v) is 3.48. The molecule has 1 aromatic heterocycles. The van der Waals surface area contributed by atoms with Crippen molar-refractivity contribution in [2.24, 2.45) is 5.92 Å². The molecule has 3 N–H and O–H groups in total. The van der Waals surface area contributed by atoms with Crippen molar-refractivity contribution in [2.45, 2.75) is 4.21 Å². The molecular weight excluding hydrogens is 274 g/mol. The zero-order valence-electron chi connectivity index (χ0n) is 9.68. The average molecular weight is 289 g/mol. The third-order valence-electron chi connectivity index (χ3n) is 2.64. The van der Waals surface area contributed by atoms with Crippen molar-refractivity contribution in [3.05, 3.63) is 17.5 Å². The highest BCUT2D eigenvalue weighted by Crippen LogP contribution is 2.14. The van der Waals surface area contributed by atoms with Gasteiger partial charge < -0.3 is 10.6 Å². The van der Waals surface area contributed by atoms with Crippen LogP contribution in [0, 0.1) is 5.92 Å². The molecule has 0 atom stereocenters. The SMILES string of the molecule is O=C(CNS(=O)(=O)c1cccs1)NCC1CNC1. The molecule has 0 unspecified atom stereocenters. The van der Waals surface area contributed by atoms with Gasteiger partial charge in [-0.05, 0) is 11.4 Å². The molecule has 18 heavy (non-hydrogen) atoms. The van der Waals surface area contributed by atoms with Gasteiger partial charge in [-0.25, -0.2) is 13.1 Å². The van der Waals surface area contributed by atoms with Crippen LogP contribution in [0.5, 0.6) is 0 Å². The Morgan fingerprint density at radius 1 is 1.50 bits per heavy atom.